The van der Waals surface area contributed by atoms with Crippen molar-refractivity contribution in [3.63, 3.8) is 0 Å². The second-order valence-electron chi connectivity index (χ2n) is 11.8. The summed E-state index contributed by atoms with van der Waals surface area (Å²) >= 11 is 0. The SMILES string of the molecule is CC(=NCCCC[C@@](C)(NC(=O)OCC1c2ccccc2-c2ccccc21)C(=O)O)C1=C(O)CC(C)(C)CC1=O. The van der Waals surface area contributed by atoms with E-state index in [2.05, 4.69) is 22.4 Å². The number of unbranched alkanes of at least 4 members (excludes halogenated alkanes) is 1. The van der Waals surface area contributed by atoms with E-state index >= 15 is 0 Å². The number of aliphatic hydroxyl groups is 1. The lowest BCUT2D eigenvalue weighted by atomic mass is 9.76. The average molecular weight is 547 g/mol. The number of amides is 1. The molecule has 2 aliphatic rings. The first kappa shape index (κ1) is 29.1. The van der Waals surface area contributed by atoms with Gasteiger partial charge in [0.2, 0.25) is 0 Å². The first-order chi connectivity index (χ1) is 18.9. The Morgan fingerprint density at radius 1 is 1.05 bits per heavy atom. The van der Waals surface area contributed by atoms with Crippen LogP contribution >= 0.6 is 0 Å². The highest BCUT2D eigenvalue weighted by atomic mass is 16.5. The van der Waals surface area contributed by atoms with Crippen molar-refractivity contribution in [2.75, 3.05) is 13.2 Å². The molecule has 1 atom stereocenters. The fraction of sp³-hybridized carbons (Fsp3) is 0.438. The summed E-state index contributed by atoms with van der Waals surface area (Å²) < 4.78 is 5.55. The summed E-state index contributed by atoms with van der Waals surface area (Å²) in [7, 11) is 0. The van der Waals surface area contributed by atoms with Gasteiger partial charge in [-0.2, -0.15) is 0 Å². The van der Waals surface area contributed by atoms with Gasteiger partial charge in [-0.1, -0.05) is 62.4 Å². The Bertz CT molecular complexity index is 1330. The molecule has 2 aromatic carbocycles. The van der Waals surface area contributed by atoms with Gasteiger partial charge in [-0.15, -0.1) is 0 Å². The molecule has 0 heterocycles. The van der Waals surface area contributed by atoms with Crippen molar-refractivity contribution < 1.29 is 29.3 Å². The van der Waals surface area contributed by atoms with Crippen molar-refractivity contribution in [1.82, 2.24) is 5.32 Å². The van der Waals surface area contributed by atoms with Crippen molar-refractivity contribution in [1.29, 1.82) is 0 Å². The zero-order chi connectivity index (χ0) is 29.1. The van der Waals surface area contributed by atoms with Gasteiger partial charge in [0.25, 0.3) is 0 Å². The molecule has 0 radical (unpaired) electrons. The molecule has 0 fully saturated rings. The minimum atomic E-state index is -1.51. The number of hydrogen-bond donors (Lipinski definition) is 3. The molecule has 0 aliphatic heterocycles. The number of rotatable bonds is 10. The van der Waals surface area contributed by atoms with E-state index in [1.54, 1.807) is 6.92 Å². The summed E-state index contributed by atoms with van der Waals surface area (Å²) in [6.45, 7) is 7.54. The molecule has 8 nitrogen and oxygen atoms in total. The van der Waals surface area contributed by atoms with Gasteiger partial charge in [0.1, 0.15) is 17.9 Å². The van der Waals surface area contributed by atoms with Crippen LogP contribution in [0.15, 0.2) is 64.9 Å². The molecule has 0 aromatic heterocycles. The summed E-state index contributed by atoms with van der Waals surface area (Å²) in [4.78, 5) is 41.8. The summed E-state index contributed by atoms with van der Waals surface area (Å²) in [6, 6.07) is 16.0. The maximum Gasteiger partial charge on any atom is 0.408 e. The number of alkyl carbamates (subject to hydrolysis) is 1. The van der Waals surface area contributed by atoms with Crippen LogP contribution in [0, 0.1) is 5.41 Å². The van der Waals surface area contributed by atoms with Gasteiger partial charge >= 0.3 is 12.1 Å². The highest BCUT2D eigenvalue weighted by molar-refractivity contribution is 6.22. The van der Waals surface area contributed by atoms with Crippen LogP contribution in [0.2, 0.25) is 0 Å². The number of fused-ring (bicyclic) bond motifs is 3. The standard InChI is InChI=1S/C32H38N2O6/c1-20(28-26(35)17-31(2,3)18-27(28)36)33-16-10-9-15-32(4,29(37)38)34-30(39)40-19-25-23-13-7-5-11-21(23)22-12-6-8-14-24(22)25/h5-8,11-14,25,35H,9-10,15-19H2,1-4H3,(H,34,39)(H,37,38)/t32-/m1/s1. The number of ketones is 1. The first-order valence-electron chi connectivity index (χ1n) is 13.8. The predicted molar refractivity (Wildman–Crippen MR) is 154 cm³/mol. The van der Waals surface area contributed by atoms with Gasteiger partial charge in [0.15, 0.2) is 5.78 Å². The number of aliphatic carboxylic acids is 1. The summed E-state index contributed by atoms with van der Waals surface area (Å²) in [6.07, 6.45) is 1.23. The van der Waals surface area contributed by atoms with Crippen LogP contribution in [-0.4, -0.2) is 52.5 Å². The molecule has 2 aromatic rings. The van der Waals surface area contributed by atoms with E-state index in [1.165, 1.54) is 6.92 Å². The average Bonchev–Trinajstić information content (AvgIpc) is 3.19. The monoisotopic (exact) mass is 546 g/mol. The molecular formula is C32H38N2O6. The van der Waals surface area contributed by atoms with Crippen LogP contribution in [-0.2, 0) is 14.3 Å². The molecule has 3 N–H and O–H groups in total. The van der Waals surface area contributed by atoms with Crippen molar-refractivity contribution >= 4 is 23.6 Å². The van der Waals surface area contributed by atoms with Crippen molar-refractivity contribution in [3.05, 3.63) is 71.0 Å². The number of aliphatic imine (C=N–C) groups is 1. The number of ether oxygens (including phenoxy) is 1. The van der Waals surface area contributed by atoms with E-state index in [4.69, 9.17) is 4.74 Å². The lowest BCUT2D eigenvalue weighted by Gasteiger charge is -2.29. The largest absolute Gasteiger partial charge is 0.511 e. The fourth-order valence-electron chi connectivity index (χ4n) is 5.70. The van der Waals surface area contributed by atoms with Gasteiger partial charge in [0.05, 0.1) is 5.57 Å². The van der Waals surface area contributed by atoms with E-state index < -0.39 is 17.6 Å². The van der Waals surface area contributed by atoms with E-state index in [9.17, 15) is 24.6 Å². The molecule has 40 heavy (non-hydrogen) atoms. The molecule has 2 aliphatic carbocycles. The Hall–Kier alpha value is -3.94. The van der Waals surface area contributed by atoms with Crippen molar-refractivity contribution in [3.8, 4) is 11.1 Å². The van der Waals surface area contributed by atoms with Gasteiger partial charge in [0, 0.05) is 31.0 Å². The second-order valence-corrected chi connectivity index (χ2v) is 11.8. The third-order valence-corrected chi connectivity index (χ3v) is 7.84. The van der Waals surface area contributed by atoms with Gasteiger partial charge in [-0.3, -0.25) is 9.79 Å². The van der Waals surface area contributed by atoms with E-state index in [-0.39, 0.29) is 35.9 Å². The Kier molecular flexibility index (Phi) is 8.47. The third kappa shape index (κ3) is 6.27. The van der Waals surface area contributed by atoms with Crippen molar-refractivity contribution in [2.24, 2.45) is 10.4 Å². The Morgan fingerprint density at radius 3 is 2.23 bits per heavy atom. The molecule has 212 valence electrons. The highest BCUT2D eigenvalue weighted by Crippen LogP contribution is 2.44. The summed E-state index contributed by atoms with van der Waals surface area (Å²) in [5.41, 5.74) is 3.40. The third-order valence-electron chi connectivity index (χ3n) is 7.84. The van der Waals surface area contributed by atoms with Gasteiger partial charge < -0.3 is 20.3 Å². The summed E-state index contributed by atoms with van der Waals surface area (Å²) in [5, 5.41) is 22.8. The zero-order valence-electron chi connectivity index (χ0n) is 23.6. The number of carbonyl (C=O) groups excluding carboxylic acids is 2. The van der Waals surface area contributed by atoms with E-state index in [0.29, 0.717) is 43.5 Å². The number of allylic oxidation sites excluding steroid dienone is 2. The Balaban J connectivity index is 1.30. The number of carboxylic acids is 1. The zero-order valence-corrected chi connectivity index (χ0v) is 23.6. The van der Waals surface area contributed by atoms with Crippen LogP contribution in [0.5, 0.6) is 0 Å². The fourth-order valence-corrected chi connectivity index (χ4v) is 5.70. The van der Waals surface area contributed by atoms with Crippen LogP contribution < -0.4 is 5.32 Å². The van der Waals surface area contributed by atoms with Gasteiger partial charge in [-0.25, -0.2) is 9.59 Å². The molecular weight excluding hydrogens is 508 g/mol. The van der Waals surface area contributed by atoms with Crippen LogP contribution in [0.25, 0.3) is 11.1 Å². The molecule has 0 saturated carbocycles. The van der Waals surface area contributed by atoms with Crippen LogP contribution in [0.4, 0.5) is 4.79 Å². The molecule has 0 saturated heterocycles. The Morgan fingerprint density at radius 2 is 1.65 bits per heavy atom. The highest BCUT2D eigenvalue weighted by Gasteiger charge is 2.36. The minimum absolute atomic E-state index is 0.0771. The molecule has 0 spiro atoms. The number of hydrogen-bond acceptors (Lipinski definition) is 6. The number of carboxylic acid groups (broad SMARTS) is 1. The number of nitrogens with zero attached hydrogens (tertiary/aromatic N) is 1. The Labute approximate surface area is 235 Å². The van der Waals surface area contributed by atoms with Crippen LogP contribution in [0.3, 0.4) is 0 Å². The molecule has 4 rings (SSSR count). The number of Topliss-reactive ketones (excluding diaryl/α,β-unsaturated/α-hetero) is 1. The number of aliphatic hydroxyl groups excluding tert-OH is 1. The summed E-state index contributed by atoms with van der Waals surface area (Å²) in [5.74, 6) is -1.30. The quantitative estimate of drug-likeness (QED) is 0.241. The number of nitrogens with one attached hydrogen (secondary N) is 1. The first-order valence-corrected chi connectivity index (χ1v) is 13.8. The lowest BCUT2D eigenvalue weighted by molar-refractivity contribution is -0.144. The molecule has 8 heteroatoms. The van der Waals surface area contributed by atoms with E-state index in [1.807, 2.05) is 50.2 Å². The van der Waals surface area contributed by atoms with Crippen LogP contribution in [0.1, 0.15) is 76.8 Å². The minimum Gasteiger partial charge on any atom is -0.511 e. The van der Waals surface area contributed by atoms with E-state index in [0.717, 1.165) is 22.3 Å². The van der Waals surface area contributed by atoms with Gasteiger partial charge in [-0.05, 0) is 60.8 Å². The maximum absolute atomic E-state index is 12.7. The molecule has 0 bridgehead atoms. The number of carbonyl (C=O) groups is 3. The second kappa shape index (κ2) is 11.7. The topological polar surface area (TPSA) is 125 Å². The lowest BCUT2D eigenvalue weighted by Crippen LogP contribution is -2.52. The number of benzene rings is 2. The van der Waals surface area contributed by atoms with Crippen molar-refractivity contribution in [2.45, 2.75) is 71.3 Å². The molecule has 0 unspecified atom stereocenters. The smallest absolute Gasteiger partial charge is 0.408 e. The molecule has 1 amide bonds. The predicted octanol–water partition coefficient (Wildman–Crippen LogP) is 6.20. The maximum atomic E-state index is 12.7. The normalized spacial score (nSPS) is 18.1.